The second-order valence-corrected chi connectivity index (χ2v) is 1.95. The van der Waals surface area contributed by atoms with E-state index in [1.54, 1.807) is 0 Å². The van der Waals surface area contributed by atoms with Gasteiger partial charge in [0.15, 0.2) is 0 Å². The van der Waals surface area contributed by atoms with Crippen LogP contribution in [-0.2, 0) is 0 Å². The van der Waals surface area contributed by atoms with Crippen LogP contribution in [0.5, 0.6) is 0 Å². The van der Waals surface area contributed by atoms with Gasteiger partial charge in [0.05, 0.1) is 0 Å². The molecule has 1 atom stereocenters. The second kappa shape index (κ2) is 4.39. The maximum Gasteiger partial charge on any atom is 0.0115 e. The Bertz CT molecular complexity index is 99.4. The second-order valence-electron chi connectivity index (χ2n) is 1.95. The van der Waals surface area contributed by atoms with Crippen LogP contribution >= 0.6 is 0 Å². The minimum Gasteiger partial charge on any atom is -0.313 e. The first kappa shape index (κ1) is 7.23. The van der Waals surface area contributed by atoms with Crippen molar-refractivity contribution in [3.8, 4) is 12.3 Å². The largest absolute Gasteiger partial charge is 0.313 e. The number of nitrogens with one attached hydrogen (secondary N) is 1. The Morgan fingerprint density at radius 1 is 1.88 bits per heavy atom. The third kappa shape index (κ3) is 3.42. The average Bonchev–Trinajstić information content (AvgIpc) is 1.68. The van der Waals surface area contributed by atoms with Gasteiger partial charge in [-0.2, -0.15) is 0 Å². The molecule has 0 spiro atoms. The molecule has 0 rings (SSSR count). The minimum absolute atomic E-state index is 0.484. The fraction of sp³-hybridized carbons (Fsp3) is 0.571. The fourth-order valence-electron chi connectivity index (χ4n) is 0.486. The third-order valence-electron chi connectivity index (χ3n) is 0.987. The van der Waals surface area contributed by atoms with E-state index >= 15 is 0 Å². The highest BCUT2D eigenvalue weighted by Crippen LogP contribution is 2.02. The van der Waals surface area contributed by atoms with Gasteiger partial charge < -0.3 is 5.41 Å². The van der Waals surface area contributed by atoms with Crippen molar-refractivity contribution >= 4 is 6.21 Å². The van der Waals surface area contributed by atoms with E-state index in [0.717, 1.165) is 12.8 Å². The Labute approximate surface area is 50.6 Å². The van der Waals surface area contributed by atoms with Gasteiger partial charge in [-0.1, -0.05) is 6.92 Å². The Hall–Kier alpha value is -0.770. The van der Waals surface area contributed by atoms with Crippen LogP contribution in [0.15, 0.2) is 0 Å². The van der Waals surface area contributed by atoms with E-state index in [0.29, 0.717) is 5.92 Å². The molecule has 8 heavy (non-hydrogen) atoms. The monoisotopic (exact) mass is 109 g/mol. The Morgan fingerprint density at radius 2 is 2.50 bits per heavy atom. The normalized spacial score (nSPS) is 12.0. The van der Waals surface area contributed by atoms with E-state index in [-0.39, 0.29) is 0 Å². The smallest absolute Gasteiger partial charge is 0.0115 e. The van der Waals surface area contributed by atoms with Gasteiger partial charge in [-0.15, -0.1) is 12.3 Å². The molecule has 0 aromatic rings. The summed E-state index contributed by atoms with van der Waals surface area (Å²) >= 11 is 0. The highest BCUT2D eigenvalue weighted by atomic mass is 14.3. The fourth-order valence-corrected chi connectivity index (χ4v) is 0.486. The molecular weight excluding hydrogens is 98.1 g/mol. The van der Waals surface area contributed by atoms with E-state index in [2.05, 4.69) is 5.92 Å². The molecule has 0 radical (unpaired) electrons. The van der Waals surface area contributed by atoms with E-state index in [1.165, 1.54) is 6.21 Å². The third-order valence-corrected chi connectivity index (χ3v) is 0.987. The van der Waals surface area contributed by atoms with Crippen molar-refractivity contribution < 1.29 is 0 Å². The van der Waals surface area contributed by atoms with Crippen LogP contribution in [0.2, 0.25) is 0 Å². The van der Waals surface area contributed by atoms with Crippen molar-refractivity contribution in [2.45, 2.75) is 19.8 Å². The summed E-state index contributed by atoms with van der Waals surface area (Å²) in [4.78, 5) is 0. The molecule has 0 amide bonds. The van der Waals surface area contributed by atoms with Crippen molar-refractivity contribution in [3.63, 3.8) is 0 Å². The summed E-state index contributed by atoms with van der Waals surface area (Å²) in [5.41, 5.74) is 0. The molecule has 0 fully saturated rings. The maximum atomic E-state index is 6.72. The predicted molar refractivity (Wildman–Crippen MR) is 36.0 cm³/mol. The first-order valence-electron chi connectivity index (χ1n) is 2.73. The summed E-state index contributed by atoms with van der Waals surface area (Å²) in [6.45, 7) is 2.05. The van der Waals surface area contributed by atoms with E-state index in [1.807, 2.05) is 6.92 Å². The lowest BCUT2D eigenvalue weighted by Gasteiger charge is -1.98. The number of hydrogen-bond donors (Lipinski definition) is 1. The van der Waals surface area contributed by atoms with Crippen LogP contribution in [0.4, 0.5) is 0 Å². The van der Waals surface area contributed by atoms with Crippen LogP contribution in [0.1, 0.15) is 19.8 Å². The first-order chi connectivity index (χ1) is 3.81. The van der Waals surface area contributed by atoms with Gasteiger partial charge in [0.1, 0.15) is 0 Å². The molecule has 1 heteroatoms. The molecule has 0 heterocycles. The Morgan fingerprint density at radius 3 is 2.88 bits per heavy atom. The molecule has 0 aromatic heterocycles. The van der Waals surface area contributed by atoms with Crippen molar-refractivity contribution in [1.29, 1.82) is 5.41 Å². The summed E-state index contributed by atoms with van der Waals surface area (Å²) < 4.78 is 0. The van der Waals surface area contributed by atoms with E-state index in [4.69, 9.17) is 11.8 Å². The minimum atomic E-state index is 0.484. The van der Waals surface area contributed by atoms with Crippen LogP contribution in [0, 0.1) is 23.7 Å². The lowest BCUT2D eigenvalue weighted by atomic mass is 10.1. The highest BCUT2D eigenvalue weighted by Gasteiger charge is 1.93. The van der Waals surface area contributed by atoms with Crippen molar-refractivity contribution in [2.75, 3.05) is 0 Å². The van der Waals surface area contributed by atoms with Crippen molar-refractivity contribution in [3.05, 3.63) is 0 Å². The first-order valence-corrected chi connectivity index (χ1v) is 2.73. The standard InChI is InChI=1S/C7H11N/c1-3-4-7(2)5-6-8/h1,6-8H,4-5H2,2H3. The van der Waals surface area contributed by atoms with E-state index < -0.39 is 0 Å². The van der Waals surface area contributed by atoms with Gasteiger partial charge in [0.2, 0.25) is 0 Å². The zero-order valence-electron chi connectivity index (χ0n) is 5.15. The van der Waals surface area contributed by atoms with Crippen LogP contribution in [-0.4, -0.2) is 6.21 Å². The average molecular weight is 109 g/mol. The number of rotatable bonds is 3. The molecule has 1 N–H and O–H groups in total. The summed E-state index contributed by atoms with van der Waals surface area (Å²) in [6.07, 6.45) is 8.04. The topological polar surface area (TPSA) is 23.9 Å². The zero-order chi connectivity index (χ0) is 6.41. The molecule has 0 aliphatic rings. The highest BCUT2D eigenvalue weighted by molar-refractivity contribution is 5.53. The summed E-state index contributed by atoms with van der Waals surface area (Å²) in [5, 5.41) is 6.72. The van der Waals surface area contributed by atoms with Crippen molar-refractivity contribution in [2.24, 2.45) is 5.92 Å². The predicted octanol–water partition coefficient (Wildman–Crippen LogP) is 1.69. The lowest BCUT2D eigenvalue weighted by Crippen LogP contribution is -1.91. The van der Waals surface area contributed by atoms with E-state index in [9.17, 15) is 0 Å². The molecule has 44 valence electrons. The zero-order valence-corrected chi connectivity index (χ0v) is 5.15. The Balaban J connectivity index is 3.20. The molecule has 1 nitrogen and oxygen atoms in total. The summed E-state index contributed by atoms with van der Waals surface area (Å²) in [6, 6.07) is 0. The number of terminal acetylenes is 1. The molecule has 0 saturated carbocycles. The summed E-state index contributed by atoms with van der Waals surface area (Å²) in [7, 11) is 0. The van der Waals surface area contributed by atoms with Crippen LogP contribution < -0.4 is 0 Å². The quantitative estimate of drug-likeness (QED) is 0.421. The van der Waals surface area contributed by atoms with Crippen LogP contribution in [0.25, 0.3) is 0 Å². The lowest BCUT2D eigenvalue weighted by molar-refractivity contribution is 0.635. The molecule has 0 saturated heterocycles. The molecule has 1 unspecified atom stereocenters. The Kier molecular flexibility index (Phi) is 3.97. The van der Waals surface area contributed by atoms with Gasteiger partial charge in [-0.05, 0) is 18.6 Å². The number of hydrogen-bond acceptors (Lipinski definition) is 1. The van der Waals surface area contributed by atoms with Gasteiger partial charge in [0, 0.05) is 6.42 Å². The van der Waals surface area contributed by atoms with Gasteiger partial charge in [-0.3, -0.25) is 0 Å². The van der Waals surface area contributed by atoms with Gasteiger partial charge in [-0.25, -0.2) is 0 Å². The van der Waals surface area contributed by atoms with Gasteiger partial charge in [0.25, 0.3) is 0 Å². The molecule has 0 bridgehead atoms. The van der Waals surface area contributed by atoms with Crippen LogP contribution in [0.3, 0.4) is 0 Å². The van der Waals surface area contributed by atoms with Crippen molar-refractivity contribution in [1.82, 2.24) is 0 Å². The molecular formula is C7H11N. The molecule has 0 aliphatic heterocycles. The molecule has 0 aromatic carbocycles. The molecule has 0 aliphatic carbocycles. The van der Waals surface area contributed by atoms with Gasteiger partial charge >= 0.3 is 0 Å². The maximum absolute atomic E-state index is 6.72. The SMILES string of the molecule is C#CCC(C)CC=N. The summed E-state index contributed by atoms with van der Waals surface area (Å²) in [5.74, 6) is 3.03.